The molecule has 3 aliphatic rings. The molecule has 0 spiro atoms. The summed E-state index contributed by atoms with van der Waals surface area (Å²) in [4.78, 5) is 27.3. The summed E-state index contributed by atoms with van der Waals surface area (Å²) >= 11 is 3.27. The fraction of sp³-hybridized carbons (Fsp3) is 0.654. The van der Waals surface area contributed by atoms with Gasteiger partial charge in [0.25, 0.3) is 0 Å². The van der Waals surface area contributed by atoms with Crippen molar-refractivity contribution >= 4 is 38.7 Å². The number of piperidine rings is 1. The number of benzene rings is 1. The lowest BCUT2D eigenvalue weighted by atomic mass is 9.95. The third kappa shape index (κ3) is 5.09. The molecule has 1 N–H and O–H groups in total. The number of rotatable bonds is 6. The van der Waals surface area contributed by atoms with Crippen LogP contribution in [0.15, 0.2) is 16.6 Å². The average Bonchev–Trinajstić information content (AvgIpc) is 3.43. The Kier molecular flexibility index (Phi) is 7.23. The Morgan fingerprint density at radius 3 is 2.81 bits per heavy atom. The maximum absolute atomic E-state index is 15.2. The van der Waals surface area contributed by atoms with Crippen LogP contribution in [0.2, 0.25) is 0 Å². The Bertz CT molecular complexity index is 1180. The predicted molar refractivity (Wildman–Crippen MR) is 141 cm³/mol. The molecule has 0 bridgehead atoms. The van der Waals surface area contributed by atoms with E-state index >= 15 is 4.39 Å². The zero-order valence-electron chi connectivity index (χ0n) is 21.7. The van der Waals surface area contributed by atoms with Gasteiger partial charge in [0.1, 0.15) is 17.9 Å². The van der Waals surface area contributed by atoms with Gasteiger partial charge in [-0.15, -0.1) is 0 Å². The Balaban J connectivity index is 1.40. The molecule has 1 aromatic heterocycles. The van der Waals surface area contributed by atoms with Crippen LogP contribution >= 0.6 is 15.9 Å². The van der Waals surface area contributed by atoms with Gasteiger partial charge in [-0.1, -0.05) is 0 Å². The first-order valence-corrected chi connectivity index (χ1v) is 13.9. The molecule has 11 heteroatoms. The lowest BCUT2D eigenvalue weighted by molar-refractivity contribution is -0.0331. The molecule has 0 radical (unpaired) electrons. The Labute approximate surface area is 225 Å². The van der Waals surface area contributed by atoms with E-state index in [1.807, 2.05) is 18.7 Å². The zero-order valence-corrected chi connectivity index (χ0v) is 23.3. The number of anilines is 1. The number of halogens is 2. The van der Waals surface area contributed by atoms with Crippen molar-refractivity contribution in [3.05, 3.63) is 22.4 Å². The predicted octanol–water partition coefficient (Wildman–Crippen LogP) is 4.30. The van der Waals surface area contributed by atoms with Crippen LogP contribution in [-0.2, 0) is 4.74 Å². The molecule has 1 amide bonds. The van der Waals surface area contributed by atoms with Crippen LogP contribution in [0.3, 0.4) is 0 Å². The van der Waals surface area contributed by atoms with E-state index in [1.165, 1.54) is 0 Å². The van der Waals surface area contributed by atoms with E-state index in [4.69, 9.17) is 14.5 Å². The molecule has 3 aliphatic heterocycles. The van der Waals surface area contributed by atoms with E-state index < -0.39 is 11.4 Å². The number of hydrogen-bond acceptors (Lipinski definition) is 8. The van der Waals surface area contributed by atoms with E-state index in [0.29, 0.717) is 48.3 Å². The van der Waals surface area contributed by atoms with Crippen molar-refractivity contribution in [1.29, 1.82) is 0 Å². The van der Waals surface area contributed by atoms with Gasteiger partial charge in [-0.3, -0.25) is 4.90 Å². The van der Waals surface area contributed by atoms with E-state index in [2.05, 4.69) is 25.8 Å². The number of hydrogen-bond donors (Lipinski definition) is 1. The highest BCUT2D eigenvalue weighted by molar-refractivity contribution is 9.10. The molecule has 3 atom stereocenters. The van der Waals surface area contributed by atoms with E-state index in [-0.39, 0.29) is 29.4 Å². The normalized spacial score (nSPS) is 27.9. The maximum Gasteiger partial charge on any atom is 0.411 e. The van der Waals surface area contributed by atoms with Gasteiger partial charge in [0.05, 0.1) is 15.6 Å². The molecule has 3 fully saturated rings. The number of carbonyl (C=O) groups is 1. The third-order valence-corrected chi connectivity index (χ3v) is 8.65. The smallest absolute Gasteiger partial charge is 0.411 e. The van der Waals surface area contributed by atoms with E-state index in [9.17, 15) is 9.90 Å². The van der Waals surface area contributed by atoms with Crippen LogP contribution in [0.1, 0.15) is 52.4 Å². The van der Waals surface area contributed by atoms with Crippen LogP contribution < -0.4 is 9.64 Å². The van der Waals surface area contributed by atoms with Gasteiger partial charge in [-0.2, -0.15) is 9.97 Å². The van der Waals surface area contributed by atoms with Crippen molar-refractivity contribution in [1.82, 2.24) is 19.8 Å². The summed E-state index contributed by atoms with van der Waals surface area (Å²) in [5, 5.41) is 11.3. The van der Waals surface area contributed by atoms with Gasteiger partial charge < -0.3 is 24.4 Å². The summed E-state index contributed by atoms with van der Waals surface area (Å²) in [7, 11) is 1.73. The van der Waals surface area contributed by atoms with Crippen molar-refractivity contribution in [2.45, 2.75) is 69.7 Å². The standard InChI is InChI=1S/C26H35BrFN5O4/c1-4-31(3)24(34)37-19-9-12-26(11-6-14-33(19)26)16-36-23-29-21-17(7-8-18(27)20(21)28)22(30-23)32-13-5-10-25(2,35)15-32/h7-8,19,35H,4-6,9-16H2,1-3H3/t19-,25+,26+/m0/s1. The number of aromatic nitrogens is 2. The first-order chi connectivity index (χ1) is 17.6. The minimum Gasteiger partial charge on any atom is -0.461 e. The second-order valence-corrected chi connectivity index (χ2v) is 11.7. The van der Waals surface area contributed by atoms with Crippen molar-refractivity contribution < 1.29 is 23.8 Å². The summed E-state index contributed by atoms with van der Waals surface area (Å²) in [5.74, 6) is 0.0938. The van der Waals surface area contributed by atoms with Gasteiger partial charge in [0, 0.05) is 45.0 Å². The molecule has 1 aromatic carbocycles. The van der Waals surface area contributed by atoms with Crippen LogP contribution in [0.5, 0.6) is 6.01 Å². The van der Waals surface area contributed by atoms with Gasteiger partial charge in [0.2, 0.25) is 0 Å². The summed E-state index contributed by atoms with van der Waals surface area (Å²) in [6.07, 6.45) is 4.36. The van der Waals surface area contributed by atoms with Gasteiger partial charge in [0.15, 0.2) is 12.0 Å². The van der Waals surface area contributed by atoms with Crippen molar-refractivity contribution in [3.8, 4) is 6.01 Å². The Morgan fingerprint density at radius 2 is 2.05 bits per heavy atom. The second-order valence-electron chi connectivity index (χ2n) is 10.8. The molecule has 0 unspecified atom stereocenters. The van der Waals surface area contributed by atoms with E-state index in [1.54, 1.807) is 24.1 Å². The number of carbonyl (C=O) groups excluding carboxylic acids is 1. The third-order valence-electron chi connectivity index (χ3n) is 8.04. The number of amides is 1. The van der Waals surface area contributed by atoms with Crippen LogP contribution in [0.25, 0.3) is 10.9 Å². The van der Waals surface area contributed by atoms with Crippen molar-refractivity contribution in [2.24, 2.45) is 0 Å². The highest BCUT2D eigenvalue weighted by atomic mass is 79.9. The molecule has 37 heavy (non-hydrogen) atoms. The summed E-state index contributed by atoms with van der Waals surface area (Å²) < 4.78 is 27.5. The first kappa shape index (κ1) is 26.4. The summed E-state index contributed by atoms with van der Waals surface area (Å²) in [6.45, 7) is 6.55. The lowest BCUT2D eigenvalue weighted by Gasteiger charge is -2.38. The topological polar surface area (TPSA) is 91.3 Å². The Hall–Kier alpha value is -2.24. The molecule has 5 rings (SSSR count). The van der Waals surface area contributed by atoms with Crippen molar-refractivity contribution in [2.75, 3.05) is 44.7 Å². The highest BCUT2D eigenvalue weighted by Crippen LogP contribution is 2.43. The number of nitrogens with zero attached hydrogens (tertiary/aromatic N) is 5. The molecule has 4 heterocycles. The fourth-order valence-corrected chi connectivity index (χ4v) is 6.24. The molecule has 2 aromatic rings. The summed E-state index contributed by atoms with van der Waals surface area (Å²) in [5.41, 5.74) is -0.949. The number of ether oxygens (including phenoxy) is 2. The van der Waals surface area contributed by atoms with Gasteiger partial charge in [-0.05, 0) is 74.0 Å². The van der Waals surface area contributed by atoms with Crippen LogP contribution in [-0.4, -0.2) is 88.2 Å². The highest BCUT2D eigenvalue weighted by Gasteiger charge is 2.51. The Morgan fingerprint density at radius 1 is 1.27 bits per heavy atom. The van der Waals surface area contributed by atoms with Crippen molar-refractivity contribution in [3.63, 3.8) is 0 Å². The van der Waals surface area contributed by atoms with E-state index in [0.717, 1.165) is 38.6 Å². The molecule has 0 saturated carbocycles. The minimum absolute atomic E-state index is 0.108. The molecular weight excluding hydrogens is 545 g/mol. The molecule has 3 saturated heterocycles. The molecular formula is C26H35BrFN5O4. The number of aliphatic hydroxyl groups is 1. The first-order valence-electron chi connectivity index (χ1n) is 13.1. The lowest BCUT2D eigenvalue weighted by Crippen LogP contribution is -2.48. The molecule has 9 nitrogen and oxygen atoms in total. The monoisotopic (exact) mass is 579 g/mol. The maximum atomic E-state index is 15.2. The molecule has 202 valence electrons. The average molecular weight is 580 g/mol. The number of β-amino-alcohol motifs (C(OH)–C–C–N with tert-alkyl or cyclic N) is 1. The fourth-order valence-electron chi connectivity index (χ4n) is 5.92. The van der Waals surface area contributed by atoms with Gasteiger partial charge >= 0.3 is 12.1 Å². The quantitative estimate of drug-likeness (QED) is 0.541. The second kappa shape index (κ2) is 10.1. The SMILES string of the molecule is CCN(C)C(=O)O[C@H]1CC[C@@]2(COc3nc(N4CCC[C@@](C)(O)C4)c4ccc(Br)c(F)c4n3)CCCN12. The number of fused-ring (bicyclic) bond motifs is 2. The minimum atomic E-state index is -0.851. The van der Waals surface area contributed by atoms with Crippen LogP contribution in [0, 0.1) is 5.82 Å². The molecule has 0 aliphatic carbocycles. The zero-order chi connectivity index (χ0) is 26.4. The largest absolute Gasteiger partial charge is 0.461 e. The van der Waals surface area contributed by atoms with Crippen LogP contribution in [0.4, 0.5) is 15.0 Å². The van der Waals surface area contributed by atoms with Gasteiger partial charge in [-0.25, -0.2) is 9.18 Å². The summed E-state index contributed by atoms with van der Waals surface area (Å²) in [6, 6.07) is 3.56.